The lowest BCUT2D eigenvalue weighted by atomic mass is 9.71. The molecule has 6 aliphatic heterocycles. The van der Waals surface area contributed by atoms with Gasteiger partial charge in [0.25, 0.3) is 11.8 Å². The van der Waals surface area contributed by atoms with Gasteiger partial charge in [0.1, 0.15) is 17.5 Å². The van der Waals surface area contributed by atoms with Gasteiger partial charge in [-0.15, -0.1) is 0 Å². The maximum Gasteiger partial charge on any atom is 0.262 e. The first-order valence-corrected chi connectivity index (χ1v) is 22.5. The number of rotatable bonds is 8. The summed E-state index contributed by atoms with van der Waals surface area (Å²) < 4.78 is 21.6. The number of methoxy groups -OCH3 is 1. The topological polar surface area (TPSA) is 139 Å². The number of benzene rings is 3. The molecule has 5 amide bonds. The lowest BCUT2D eigenvalue weighted by Crippen LogP contribution is -2.54. The van der Waals surface area contributed by atoms with E-state index < -0.39 is 35.3 Å². The summed E-state index contributed by atoms with van der Waals surface area (Å²) in [5, 5.41) is 3.46. The highest BCUT2D eigenvalue weighted by molar-refractivity contribution is 6.23. The molecule has 3 aromatic carbocycles. The van der Waals surface area contributed by atoms with Gasteiger partial charge < -0.3 is 19.5 Å². The lowest BCUT2D eigenvalue weighted by Gasteiger charge is -2.47. The maximum atomic E-state index is 15.4. The minimum Gasteiger partial charge on any atom is -0.496 e. The number of carbonyl (C=O) groups excluding carboxylic acids is 5. The summed E-state index contributed by atoms with van der Waals surface area (Å²) >= 11 is 0. The number of ether oxygens (including phenoxy) is 1. The number of imide groups is 2. The first-order valence-electron chi connectivity index (χ1n) is 22.5. The van der Waals surface area contributed by atoms with E-state index in [4.69, 9.17) is 4.74 Å². The molecule has 13 nitrogen and oxygen atoms in total. The normalized spacial score (nSPS) is 24.0. The molecule has 1 unspecified atom stereocenters. The lowest BCUT2D eigenvalue weighted by molar-refractivity contribution is -0.137. The van der Waals surface area contributed by atoms with E-state index in [1.165, 1.54) is 10.9 Å². The number of anilines is 1. The molecule has 0 bridgehead atoms. The second-order valence-electron chi connectivity index (χ2n) is 19.5. The predicted octanol–water partition coefficient (Wildman–Crippen LogP) is 5.89. The number of aromatic nitrogens is 1. The van der Waals surface area contributed by atoms with Gasteiger partial charge in [-0.2, -0.15) is 0 Å². The van der Waals surface area contributed by atoms with E-state index in [1.807, 2.05) is 11.0 Å². The van der Waals surface area contributed by atoms with E-state index in [2.05, 4.69) is 68.3 Å². The number of H-pyrrole nitrogens is 1. The molecule has 4 aromatic rings. The van der Waals surface area contributed by atoms with E-state index in [9.17, 15) is 24.0 Å². The molecule has 0 saturated carbocycles. The average molecular weight is 858 g/mol. The van der Waals surface area contributed by atoms with Crippen molar-refractivity contribution in [3.05, 3.63) is 93.7 Å². The number of piperidine rings is 3. The molecule has 14 heteroatoms. The van der Waals surface area contributed by atoms with Crippen LogP contribution in [-0.4, -0.2) is 118 Å². The van der Waals surface area contributed by atoms with Gasteiger partial charge in [0.15, 0.2) is 0 Å². The fourth-order valence-corrected chi connectivity index (χ4v) is 11.5. The van der Waals surface area contributed by atoms with Crippen LogP contribution >= 0.6 is 0 Å². The van der Waals surface area contributed by atoms with Crippen LogP contribution in [0.25, 0.3) is 10.9 Å². The Bertz CT molecular complexity index is 2500. The molecule has 3 saturated heterocycles. The number of alkyl halides is 1. The second-order valence-corrected chi connectivity index (χ2v) is 19.5. The van der Waals surface area contributed by atoms with E-state index in [1.54, 1.807) is 33.1 Å². The largest absolute Gasteiger partial charge is 0.496 e. The summed E-state index contributed by atoms with van der Waals surface area (Å²) in [7, 11) is 1.73. The molecule has 63 heavy (non-hydrogen) atoms. The number of nitrogens with zero attached hydrogens (tertiary/aromatic N) is 5. The molecule has 0 radical (unpaired) electrons. The SMILES string of the molecule is COc1cc(N2CCC3(CCN(C(=O)CN4Cc5cc6c(cc5C4)C(=O)N(C4CCC(=O)NC4=O)C6=O)CC3)CC2)ccc1[C@@H]1c2[nH]c3ccccc3c2C[C@@H](C)N1CC(C)(C)F. The van der Waals surface area contributed by atoms with Crippen LogP contribution in [0.5, 0.6) is 5.75 Å². The van der Waals surface area contributed by atoms with Gasteiger partial charge >= 0.3 is 0 Å². The summed E-state index contributed by atoms with van der Waals surface area (Å²) in [5.74, 6) is -1.18. The van der Waals surface area contributed by atoms with E-state index >= 15 is 4.39 Å². The van der Waals surface area contributed by atoms with Gasteiger partial charge in [0.05, 0.1) is 30.8 Å². The van der Waals surface area contributed by atoms with Crippen molar-refractivity contribution in [2.24, 2.45) is 5.41 Å². The van der Waals surface area contributed by atoms with Crippen LogP contribution in [0.1, 0.15) is 114 Å². The Hall–Kier alpha value is -5.60. The molecule has 3 fully saturated rings. The molecule has 2 N–H and O–H groups in total. The highest BCUT2D eigenvalue weighted by atomic mass is 19.1. The van der Waals surface area contributed by atoms with Crippen molar-refractivity contribution in [3.63, 3.8) is 0 Å². The zero-order valence-corrected chi connectivity index (χ0v) is 36.6. The van der Waals surface area contributed by atoms with Crippen molar-refractivity contribution < 1.29 is 33.1 Å². The minimum absolute atomic E-state index is 0.0730. The van der Waals surface area contributed by atoms with E-state index in [0.29, 0.717) is 19.6 Å². The standard InChI is InChI=1S/C49H56FN7O6/c1-29-21-35-33-7-5-6-8-38(33)51-43(35)44(56(29)28-48(2,3)50)34-10-9-32(24-40(34)63-4)54-17-13-49(14-18-54)15-19-55(20-16-49)42(59)27-53-25-30-22-36-37(23-31(30)26-53)47(62)57(46(36)61)39-11-12-41(58)52-45(39)60/h5-10,22-24,29,39,44,51H,11-21,25-28H2,1-4H3,(H,52,58,60)/t29-,39?,44-/m1/s1. The van der Waals surface area contributed by atoms with Crippen LogP contribution in [0.3, 0.4) is 0 Å². The zero-order valence-electron chi connectivity index (χ0n) is 36.6. The highest BCUT2D eigenvalue weighted by Crippen LogP contribution is 2.47. The number of para-hydroxylation sites is 1. The van der Waals surface area contributed by atoms with Crippen LogP contribution < -0.4 is 15.0 Å². The molecule has 10 rings (SSSR count). The van der Waals surface area contributed by atoms with Crippen molar-refractivity contribution in [1.82, 2.24) is 29.9 Å². The molecular weight excluding hydrogens is 802 g/mol. The first-order chi connectivity index (χ1) is 30.2. The van der Waals surface area contributed by atoms with Crippen LogP contribution in [0.4, 0.5) is 10.1 Å². The van der Waals surface area contributed by atoms with Crippen molar-refractivity contribution >= 4 is 46.1 Å². The Morgan fingerprint density at radius 3 is 2.22 bits per heavy atom. The average Bonchev–Trinajstić information content (AvgIpc) is 3.90. The van der Waals surface area contributed by atoms with Gasteiger partial charge in [0, 0.05) is 92.2 Å². The smallest absolute Gasteiger partial charge is 0.262 e. The number of aromatic amines is 1. The Kier molecular flexibility index (Phi) is 10.2. The van der Waals surface area contributed by atoms with Crippen LogP contribution in [0.2, 0.25) is 0 Å². The van der Waals surface area contributed by atoms with Gasteiger partial charge in [0.2, 0.25) is 17.7 Å². The summed E-state index contributed by atoms with van der Waals surface area (Å²) in [4.78, 5) is 78.1. The summed E-state index contributed by atoms with van der Waals surface area (Å²) in [5.41, 5.74) is 6.80. The minimum atomic E-state index is -1.38. The molecule has 3 atom stereocenters. The third-order valence-corrected chi connectivity index (χ3v) is 14.9. The number of nitrogens with one attached hydrogen (secondary N) is 2. The highest BCUT2D eigenvalue weighted by Gasteiger charge is 2.46. The molecule has 1 aromatic heterocycles. The second kappa shape index (κ2) is 15.6. The predicted molar refractivity (Wildman–Crippen MR) is 235 cm³/mol. The summed E-state index contributed by atoms with van der Waals surface area (Å²) in [6, 6.07) is 17.4. The van der Waals surface area contributed by atoms with Crippen LogP contribution in [-0.2, 0) is 33.9 Å². The fourth-order valence-electron chi connectivity index (χ4n) is 11.5. The van der Waals surface area contributed by atoms with Crippen molar-refractivity contribution in [2.45, 2.75) is 103 Å². The first kappa shape index (κ1) is 41.4. The monoisotopic (exact) mass is 857 g/mol. The van der Waals surface area contributed by atoms with Gasteiger partial charge in [-0.25, -0.2) is 4.39 Å². The Morgan fingerprint density at radius 2 is 1.57 bits per heavy atom. The van der Waals surface area contributed by atoms with Gasteiger partial charge in [-0.05, 0) is 106 Å². The number of carbonyl (C=O) groups is 5. The van der Waals surface area contributed by atoms with Crippen LogP contribution in [0, 0.1) is 5.41 Å². The number of hydrogen-bond donors (Lipinski definition) is 2. The van der Waals surface area contributed by atoms with Crippen LogP contribution in [0.15, 0.2) is 54.6 Å². The third kappa shape index (κ3) is 7.38. The maximum absolute atomic E-state index is 15.4. The summed E-state index contributed by atoms with van der Waals surface area (Å²) in [6.45, 7) is 10.3. The molecule has 0 aliphatic carbocycles. The molecule has 6 aliphatic rings. The van der Waals surface area contributed by atoms with E-state index in [-0.39, 0.29) is 53.9 Å². The quantitative estimate of drug-likeness (QED) is 0.208. The van der Waals surface area contributed by atoms with Crippen molar-refractivity contribution in [1.29, 1.82) is 0 Å². The Balaban J connectivity index is 0.760. The molecule has 330 valence electrons. The number of amides is 5. The van der Waals surface area contributed by atoms with Crippen molar-refractivity contribution in [3.8, 4) is 5.75 Å². The Labute approximate surface area is 366 Å². The number of likely N-dealkylation sites (tertiary alicyclic amines) is 1. The van der Waals surface area contributed by atoms with Gasteiger partial charge in [-0.1, -0.05) is 24.3 Å². The zero-order chi connectivity index (χ0) is 43.9. The molecule has 7 heterocycles. The number of halogens is 1. The third-order valence-electron chi connectivity index (χ3n) is 14.9. The Morgan fingerprint density at radius 1 is 0.905 bits per heavy atom. The summed E-state index contributed by atoms with van der Waals surface area (Å²) in [6.07, 6.45) is 5.04. The van der Waals surface area contributed by atoms with E-state index in [0.717, 1.165) is 103 Å². The van der Waals surface area contributed by atoms with Gasteiger partial charge in [-0.3, -0.25) is 44.0 Å². The fraction of sp³-hybridized carbons (Fsp3) is 0.490. The number of hydrogen-bond acceptors (Lipinski definition) is 9. The van der Waals surface area contributed by atoms with Crippen molar-refractivity contribution in [2.75, 3.05) is 51.3 Å². The molecule has 1 spiro atoms. The molecular formula is C49H56FN7O6. The number of fused-ring (bicyclic) bond motifs is 5.